The number of ether oxygens (including phenoxy) is 1. The number of halogens is 3. The topological polar surface area (TPSA) is 21.3 Å². The molecule has 1 N–H and O–H groups in total. The van der Waals surface area contributed by atoms with E-state index < -0.39 is 0 Å². The monoisotopic (exact) mass is 467 g/mol. The molecule has 3 atom stereocenters. The van der Waals surface area contributed by atoms with Gasteiger partial charge in [-0.15, -0.1) is 0 Å². The molecule has 0 bridgehead atoms. The number of hydrogen-bond donors (Lipinski definition) is 1. The van der Waals surface area contributed by atoms with Crippen molar-refractivity contribution in [2.45, 2.75) is 45.8 Å². The van der Waals surface area contributed by atoms with Gasteiger partial charge in [-0.2, -0.15) is 0 Å². The Morgan fingerprint density at radius 1 is 1.25 bits per heavy atom. The van der Waals surface area contributed by atoms with Gasteiger partial charge in [0.1, 0.15) is 11.9 Å². The van der Waals surface area contributed by atoms with Crippen molar-refractivity contribution in [1.29, 1.82) is 0 Å². The molecular weight excluding hydrogens is 450 g/mol. The maximum absolute atomic E-state index is 6.30. The van der Waals surface area contributed by atoms with E-state index >= 15 is 0 Å². The van der Waals surface area contributed by atoms with Crippen molar-refractivity contribution in [3.05, 3.63) is 25.6 Å². The molecule has 1 aromatic rings. The van der Waals surface area contributed by atoms with Gasteiger partial charge in [0.15, 0.2) is 0 Å². The largest absolute Gasteiger partial charge is 0.487 e. The molecule has 0 heterocycles. The van der Waals surface area contributed by atoms with Crippen LogP contribution >= 0.6 is 47.8 Å². The molecule has 5 heteroatoms. The zero-order valence-corrected chi connectivity index (χ0v) is 16.7. The number of rotatable bonds is 5. The molecule has 2 nitrogen and oxygen atoms in total. The standard InChI is InChI=1S/C15H20Br3NO/c1-4-15(3)12(19-5-2)8-13(15)20-14-10(17)6-9(16)7-11(14)18/h6-7,12-13,19H,4-5,8H2,1-3H3. The Bertz CT molecular complexity index is 471. The maximum atomic E-state index is 6.30. The summed E-state index contributed by atoms with van der Waals surface area (Å²) < 4.78 is 9.28. The van der Waals surface area contributed by atoms with Gasteiger partial charge in [-0.3, -0.25) is 0 Å². The van der Waals surface area contributed by atoms with Crippen LogP contribution in [0.3, 0.4) is 0 Å². The minimum atomic E-state index is 0.196. The SMILES string of the molecule is CCNC1CC(Oc2c(Br)cc(Br)cc2Br)C1(C)CC. The molecule has 0 aromatic heterocycles. The van der Waals surface area contributed by atoms with Crippen LogP contribution in [0.5, 0.6) is 5.75 Å². The lowest BCUT2D eigenvalue weighted by molar-refractivity contribution is -0.0703. The van der Waals surface area contributed by atoms with Crippen molar-refractivity contribution in [2.75, 3.05) is 6.54 Å². The highest BCUT2D eigenvalue weighted by Crippen LogP contribution is 2.48. The van der Waals surface area contributed by atoms with Crippen LogP contribution in [0.2, 0.25) is 0 Å². The van der Waals surface area contributed by atoms with Crippen molar-refractivity contribution in [2.24, 2.45) is 5.41 Å². The summed E-state index contributed by atoms with van der Waals surface area (Å²) in [7, 11) is 0. The maximum Gasteiger partial charge on any atom is 0.148 e. The van der Waals surface area contributed by atoms with Crippen molar-refractivity contribution < 1.29 is 4.74 Å². The minimum Gasteiger partial charge on any atom is -0.487 e. The summed E-state index contributed by atoms with van der Waals surface area (Å²) in [6, 6.07) is 4.59. The van der Waals surface area contributed by atoms with Gasteiger partial charge in [-0.1, -0.05) is 36.7 Å². The van der Waals surface area contributed by atoms with E-state index in [9.17, 15) is 0 Å². The number of hydrogen-bond acceptors (Lipinski definition) is 2. The summed E-state index contributed by atoms with van der Waals surface area (Å²) in [4.78, 5) is 0. The first-order chi connectivity index (χ1) is 9.42. The van der Waals surface area contributed by atoms with E-state index in [1.165, 1.54) is 0 Å². The lowest BCUT2D eigenvalue weighted by atomic mass is 9.61. The Morgan fingerprint density at radius 3 is 2.35 bits per heavy atom. The van der Waals surface area contributed by atoms with Gasteiger partial charge in [-0.25, -0.2) is 0 Å². The molecule has 2 rings (SSSR count). The highest BCUT2D eigenvalue weighted by molar-refractivity contribution is 9.11. The van der Waals surface area contributed by atoms with E-state index in [0.717, 1.165) is 38.6 Å². The van der Waals surface area contributed by atoms with Gasteiger partial charge in [0.25, 0.3) is 0 Å². The van der Waals surface area contributed by atoms with Gasteiger partial charge < -0.3 is 10.1 Å². The quantitative estimate of drug-likeness (QED) is 0.613. The van der Waals surface area contributed by atoms with Crippen LogP contribution in [0.4, 0.5) is 0 Å². The average molecular weight is 470 g/mol. The molecule has 0 spiro atoms. The molecule has 1 aliphatic rings. The summed E-state index contributed by atoms with van der Waals surface area (Å²) in [6.07, 6.45) is 2.43. The van der Waals surface area contributed by atoms with Crippen molar-refractivity contribution in [3.8, 4) is 5.75 Å². The lowest BCUT2D eigenvalue weighted by Gasteiger charge is -2.53. The average Bonchev–Trinajstić information content (AvgIpc) is 2.39. The van der Waals surface area contributed by atoms with Gasteiger partial charge in [0.2, 0.25) is 0 Å². The zero-order chi connectivity index (χ0) is 14.9. The Labute approximate surface area is 146 Å². The smallest absolute Gasteiger partial charge is 0.148 e. The second-order valence-corrected chi connectivity index (χ2v) is 8.13. The van der Waals surface area contributed by atoms with Crippen LogP contribution in [-0.2, 0) is 0 Å². The number of benzene rings is 1. The van der Waals surface area contributed by atoms with Gasteiger partial charge in [-0.05, 0) is 57.0 Å². The highest BCUT2D eigenvalue weighted by Gasteiger charge is 2.51. The summed E-state index contributed by atoms with van der Waals surface area (Å²) in [6.45, 7) is 7.73. The van der Waals surface area contributed by atoms with E-state index in [1.807, 2.05) is 12.1 Å². The Morgan fingerprint density at radius 2 is 1.85 bits per heavy atom. The lowest BCUT2D eigenvalue weighted by Crippen LogP contribution is -2.63. The fourth-order valence-corrected chi connectivity index (χ4v) is 5.27. The third-order valence-electron chi connectivity index (χ3n) is 4.42. The molecule has 0 radical (unpaired) electrons. The highest BCUT2D eigenvalue weighted by atomic mass is 79.9. The van der Waals surface area contributed by atoms with Crippen LogP contribution < -0.4 is 10.1 Å². The summed E-state index contributed by atoms with van der Waals surface area (Å²) in [5, 5.41) is 3.57. The summed E-state index contributed by atoms with van der Waals surface area (Å²) >= 11 is 10.7. The van der Waals surface area contributed by atoms with Gasteiger partial charge in [0, 0.05) is 22.4 Å². The molecule has 1 saturated carbocycles. The van der Waals surface area contributed by atoms with Crippen molar-refractivity contribution >= 4 is 47.8 Å². The fraction of sp³-hybridized carbons (Fsp3) is 0.600. The van der Waals surface area contributed by atoms with Gasteiger partial charge in [0.05, 0.1) is 8.95 Å². The van der Waals surface area contributed by atoms with E-state index in [4.69, 9.17) is 4.74 Å². The Balaban J connectivity index is 2.16. The molecule has 1 aliphatic carbocycles. The third-order valence-corrected chi connectivity index (χ3v) is 6.05. The van der Waals surface area contributed by atoms with Gasteiger partial charge >= 0.3 is 0 Å². The molecule has 0 aliphatic heterocycles. The van der Waals surface area contributed by atoms with Crippen LogP contribution in [0, 0.1) is 5.41 Å². The number of nitrogens with one attached hydrogen (secondary N) is 1. The Hall–Kier alpha value is 0.420. The van der Waals surface area contributed by atoms with Crippen LogP contribution in [0.1, 0.15) is 33.6 Å². The molecular formula is C15H20Br3NO. The first-order valence-corrected chi connectivity index (χ1v) is 9.34. The van der Waals surface area contributed by atoms with Crippen LogP contribution in [0.25, 0.3) is 0 Å². The predicted molar refractivity (Wildman–Crippen MR) is 94.4 cm³/mol. The Kier molecular flexibility index (Phi) is 5.60. The van der Waals surface area contributed by atoms with Crippen LogP contribution in [-0.4, -0.2) is 18.7 Å². The van der Waals surface area contributed by atoms with E-state index in [0.29, 0.717) is 6.04 Å². The molecule has 20 heavy (non-hydrogen) atoms. The minimum absolute atomic E-state index is 0.196. The molecule has 3 unspecified atom stereocenters. The van der Waals surface area contributed by atoms with Crippen LogP contribution in [0.15, 0.2) is 25.6 Å². The zero-order valence-electron chi connectivity index (χ0n) is 12.0. The normalized spacial score (nSPS) is 29.1. The third kappa shape index (κ3) is 3.11. The first-order valence-electron chi connectivity index (χ1n) is 6.97. The predicted octanol–water partition coefficient (Wildman–Crippen LogP) is 5.52. The van der Waals surface area contributed by atoms with E-state index in [2.05, 4.69) is 73.9 Å². The van der Waals surface area contributed by atoms with Crippen molar-refractivity contribution in [3.63, 3.8) is 0 Å². The first kappa shape index (κ1) is 16.8. The fourth-order valence-electron chi connectivity index (χ4n) is 2.82. The molecule has 0 amide bonds. The second kappa shape index (κ2) is 6.67. The molecule has 112 valence electrons. The molecule has 0 saturated heterocycles. The summed E-state index contributed by atoms with van der Waals surface area (Å²) in [5.41, 5.74) is 0.196. The van der Waals surface area contributed by atoms with E-state index in [1.54, 1.807) is 0 Å². The molecule has 1 aromatic carbocycles. The van der Waals surface area contributed by atoms with E-state index in [-0.39, 0.29) is 11.5 Å². The molecule has 1 fully saturated rings. The van der Waals surface area contributed by atoms with Crippen molar-refractivity contribution in [1.82, 2.24) is 5.32 Å². The summed E-state index contributed by atoms with van der Waals surface area (Å²) in [5.74, 6) is 0.896. The second-order valence-electron chi connectivity index (χ2n) is 5.51.